The Morgan fingerprint density at radius 2 is 2.36 bits per heavy atom. The van der Waals surface area contributed by atoms with Crippen LogP contribution in [0.25, 0.3) is 0 Å². The van der Waals surface area contributed by atoms with Crippen LogP contribution in [0.1, 0.15) is 11.5 Å². The SMILES string of the molecule is FC(F)COCCc1ncc(CCl)[nH]1. The summed E-state index contributed by atoms with van der Waals surface area (Å²) >= 11 is 5.54. The van der Waals surface area contributed by atoms with E-state index < -0.39 is 13.0 Å². The van der Waals surface area contributed by atoms with E-state index in [1.165, 1.54) is 0 Å². The Kier molecular flexibility index (Phi) is 4.82. The zero-order valence-corrected chi connectivity index (χ0v) is 8.23. The predicted molar refractivity (Wildman–Crippen MR) is 48.7 cm³/mol. The fourth-order valence-electron chi connectivity index (χ4n) is 0.942. The Bertz CT molecular complexity index is 268. The van der Waals surface area contributed by atoms with Crippen LogP contribution in [-0.2, 0) is 17.0 Å². The van der Waals surface area contributed by atoms with Crippen molar-refractivity contribution in [3.8, 4) is 0 Å². The van der Waals surface area contributed by atoms with Crippen LogP contribution in [0.3, 0.4) is 0 Å². The predicted octanol–water partition coefficient (Wildman–Crippen LogP) is 1.97. The van der Waals surface area contributed by atoms with Crippen molar-refractivity contribution in [3.05, 3.63) is 17.7 Å². The normalized spacial score (nSPS) is 11.1. The molecule has 0 radical (unpaired) electrons. The third-order valence-corrected chi connectivity index (χ3v) is 1.84. The van der Waals surface area contributed by atoms with E-state index >= 15 is 0 Å². The topological polar surface area (TPSA) is 37.9 Å². The van der Waals surface area contributed by atoms with Gasteiger partial charge in [-0.25, -0.2) is 13.8 Å². The lowest BCUT2D eigenvalue weighted by Gasteiger charge is -2.00. The molecular weight excluding hydrogens is 214 g/mol. The van der Waals surface area contributed by atoms with Crippen LogP contribution in [0.2, 0.25) is 0 Å². The number of hydrogen-bond acceptors (Lipinski definition) is 2. The van der Waals surface area contributed by atoms with E-state index in [1.54, 1.807) is 6.20 Å². The van der Waals surface area contributed by atoms with Crippen molar-refractivity contribution in [2.45, 2.75) is 18.7 Å². The number of rotatable bonds is 6. The monoisotopic (exact) mass is 224 g/mol. The van der Waals surface area contributed by atoms with E-state index in [9.17, 15) is 8.78 Å². The summed E-state index contributed by atoms with van der Waals surface area (Å²) in [7, 11) is 0. The van der Waals surface area contributed by atoms with Gasteiger partial charge in [0, 0.05) is 18.3 Å². The van der Waals surface area contributed by atoms with Crippen LogP contribution in [0.5, 0.6) is 0 Å². The van der Waals surface area contributed by atoms with E-state index in [0.29, 0.717) is 18.1 Å². The highest BCUT2D eigenvalue weighted by Crippen LogP contribution is 2.01. The molecule has 0 saturated carbocycles. The average molecular weight is 225 g/mol. The minimum Gasteiger partial charge on any atom is -0.375 e. The maximum absolute atomic E-state index is 11.7. The first kappa shape index (κ1) is 11.4. The minimum atomic E-state index is -2.41. The van der Waals surface area contributed by atoms with Gasteiger partial charge in [-0.1, -0.05) is 0 Å². The van der Waals surface area contributed by atoms with Gasteiger partial charge in [-0.3, -0.25) is 0 Å². The lowest BCUT2D eigenvalue weighted by atomic mass is 10.4. The number of aromatic nitrogens is 2. The molecule has 1 heterocycles. The van der Waals surface area contributed by atoms with Gasteiger partial charge in [-0.2, -0.15) is 0 Å². The highest BCUT2D eigenvalue weighted by molar-refractivity contribution is 6.16. The molecule has 1 aromatic rings. The number of aromatic amines is 1. The molecule has 0 amide bonds. The van der Waals surface area contributed by atoms with Crippen LogP contribution in [0.4, 0.5) is 8.78 Å². The molecule has 1 N–H and O–H groups in total. The fourth-order valence-corrected chi connectivity index (χ4v) is 1.08. The van der Waals surface area contributed by atoms with Crippen molar-refractivity contribution in [2.24, 2.45) is 0 Å². The van der Waals surface area contributed by atoms with Crippen molar-refractivity contribution in [2.75, 3.05) is 13.2 Å². The summed E-state index contributed by atoms with van der Waals surface area (Å²) in [5, 5.41) is 0. The number of alkyl halides is 3. The molecule has 0 bridgehead atoms. The Hall–Kier alpha value is -0.680. The molecule has 14 heavy (non-hydrogen) atoms. The Labute approximate surface area is 85.4 Å². The Morgan fingerprint density at radius 1 is 1.57 bits per heavy atom. The molecule has 3 nitrogen and oxygen atoms in total. The standard InChI is InChI=1S/C8H11ClF2N2O/c9-3-6-4-12-8(13-6)1-2-14-5-7(10)11/h4,7H,1-3,5H2,(H,12,13). The summed E-state index contributed by atoms with van der Waals surface area (Å²) in [4.78, 5) is 6.94. The van der Waals surface area contributed by atoms with Gasteiger partial charge in [0.05, 0.1) is 12.5 Å². The maximum atomic E-state index is 11.7. The van der Waals surface area contributed by atoms with Gasteiger partial charge < -0.3 is 9.72 Å². The first-order valence-corrected chi connectivity index (χ1v) is 4.70. The lowest BCUT2D eigenvalue weighted by Crippen LogP contribution is -2.07. The highest BCUT2D eigenvalue weighted by Gasteiger charge is 2.03. The van der Waals surface area contributed by atoms with Crippen LogP contribution < -0.4 is 0 Å². The minimum absolute atomic E-state index is 0.236. The molecule has 0 aliphatic carbocycles. The van der Waals surface area contributed by atoms with E-state index in [1.807, 2.05) is 0 Å². The second kappa shape index (κ2) is 5.93. The molecule has 6 heteroatoms. The summed E-state index contributed by atoms with van der Waals surface area (Å²) in [5.74, 6) is 1.07. The van der Waals surface area contributed by atoms with Crippen molar-refractivity contribution in [1.29, 1.82) is 0 Å². The first-order valence-electron chi connectivity index (χ1n) is 4.17. The third-order valence-electron chi connectivity index (χ3n) is 1.55. The summed E-state index contributed by atoms with van der Waals surface area (Å²) < 4.78 is 28.0. The molecule has 0 aliphatic heterocycles. The molecule has 0 aliphatic rings. The van der Waals surface area contributed by atoms with Crippen LogP contribution in [0.15, 0.2) is 6.20 Å². The number of imidazole rings is 1. The van der Waals surface area contributed by atoms with Crippen molar-refractivity contribution in [3.63, 3.8) is 0 Å². The Morgan fingerprint density at radius 3 is 2.93 bits per heavy atom. The molecule has 0 aromatic carbocycles. The summed E-state index contributed by atoms with van der Waals surface area (Å²) in [6, 6.07) is 0. The van der Waals surface area contributed by atoms with Crippen molar-refractivity contribution in [1.82, 2.24) is 9.97 Å². The fraction of sp³-hybridized carbons (Fsp3) is 0.625. The van der Waals surface area contributed by atoms with Gasteiger partial charge in [-0.05, 0) is 0 Å². The van der Waals surface area contributed by atoms with E-state index in [4.69, 9.17) is 16.3 Å². The molecule has 1 aromatic heterocycles. The van der Waals surface area contributed by atoms with E-state index in [-0.39, 0.29) is 6.61 Å². The zero-order valence-electron chi connectivity index (χ0n) is 7.47. The van der Waals surface area contributed by atoms with Crippen LogP contribution in [0, 0.1) is 0 Å². The molecule has 0 fully saturated rings. The summed E-state index contributed by atoms with van der Waals surface area (Å²) in [6.07, 6.45) is -0.302. The van der Waals surface area contributed by atoms with Gasteiger partial charge >= 0.3 is 0 Å². The van der Waals surface area contributed by atoms with E-state index in [0.717, 1.165) is 5.69 Å². The Balaban J connectivity index is 2.18. The van der Waals surface area contributed by atoms with Gasteiger partial charge in [0.2, 0.25) is 0 Å². The quantitative estimate of drug-likeness (QED) is 0.593. The number of H-pyrrole nitrogens is 1. The number of hydrogen-bond donors (Lipinski definition) is 1. The smallest absolute Gasteiger partial charge is 0.261 e. The number of halogens is 3. The second-order valence-corrected chi connectivity index (χ2v) is 2.97. The molecular formula is C8H11ClF2N2O. The molecule has 0 spiro atoms. The molecule has 0 atom stereocenters. The second-order valence-electron chi connectivity index (χ2n) is 2.70. The van der Waals surface area contributed by atoms with Crippen molar-refractivity contribution < 1.29 is 13.5 Å². The number of nitrogens with zero attached hydrogens (tertiary/aromatic N) is 1. The van der Waals surface area contributed by atoms with Crippen LogP contribution >= 0.6 is 11.6 Å². The average Bonchev–Trinajstić information content (AvgIpc) is 2.60. The summed E-state index contributed by atoms with van der Waals surface area (Å²) in [6.45, 7) is -0.289. The van der Waals surface area contributed by atoms with Crippen LogP contribution in [-0.4, -0.2) is 29.6 Å². The van der Waals surface area contributed by atoms with Gasteiger partial charge in [-0.15, -0.1) is 11.6 Å². The molecule has 80 valence electrons. The van der Waals surface area contributed by atoms with Crippen molar-refractivity contribution >= 4 is 11.6 Å². The third kappa shape index (κ3) is 4.02. The molecule has 1 rings (SSSR count). The van der Waals surface area contributed by atoms with Gasteiger partial charge in [0.25, 0.3) is 6.43 Å². The van der Waals surface area contributed by atoms with Gasteiger partial charge in [0.1, 0.15) is 12.4 Å². The molecule has 0 saturated heterocycles. The largest absolute Gasteiger partial charge is 0.375 e. The zero-order chi connectivity index (χ0) is 10.4. The van der Waals surface area contributed by atoms with E-state index in [2.05, 4.69) is 9.97 Å². The van der Waals surface area contributed by atoms with Gasteiger partial charge in [0.15, 0.2) is 0 Å². The first-order chi connectivity index (χ1) is 6.72. The number of nitrogens with one attached hydrogen (secondary N) is 1. The number of ether oxygens (including phenoxy) is 1. The lowest BCUT2D eigenvalue weighted by molar-refractivity contribution is 0.0183. The maximum Gasteiger partial charge on any atom is 0.261 e. The summed E-state index contributed by atoms with van der Waals surface area (Å²) in [5.41, 5.74) is 0.815. The molecule has 0 unspecified atom stereocenters. The highest BCUT2D eigenvalue weighted by atomic mass is 35.5.